The minimum absolute atomic E-state index is 0.259. The number of hydrogen-bond acceptors (Lipinski definition) is 13. The predicted molar refractivity (Wildman–Crippen MR) is 146 cm³/mol. The van der Waals surface area contributed by atoms with Crippen molar-refractivity contribution in [2.24, 2.45) is 0 Å². The van der Waals surface area contributed by atoms with Gasteiger partial charge in [-0.25, -0.2) is 0 Å². The first-order valence-electron chi connectivity index (χ1n) is 13.9. The minimum Gasteiger partial charge on any atom is -0.463 e. The van der Waals surface area contributed by atoms with Crippen LogP contribution in [0.1, 0.15) is 6.92 Å². The zero-order valence-corrected chi connectivity index (χ0v) is 24.4. The van der Waals surface area contributed by atoms with Crippen molar-refractivity contribution in [1.29, 1.82) is 0 Å². The molecule has 0 unspecified atom stereocenters. The summed E-state index contributed by atoms with van der Waals surface area (Å²) in [7, 11) is 0. The molecule has 13 heteroatoms. The molecule has 0 N–H and O–H groups in total. The summed E-state index contributed by atoms with van der Waals surface area (Å²) in [6.45, 7) is 16.2. The fourth-order valence-corrected chi connectivity index (χ4v) is 2.61. The Bertz CT molecular complexity index is 511. The van der Waals surface area contributed by atoms with Gasteiger partial charge >= 0.3 is 5.97 Å². The van der Waals surface area contributed by atoms with Crippen LogP contribution in [0.4, 0.5) is 0 Å². The van der Waals surface area contributed by atoms with Gasteiger partial charge in [-0.05, 0) is 0 Å². The normalized spacial score (nSPS) is 11.2. The number of rotatable bonds is 35. The Morgan fingerprint density at radius 2 is 0.600 bits per heavy atom. The van der Waals surface area contributed by atoms with Gasteiger partial charge in [0.05, 0.1) is 145 Å². The lowest BCUT2D eigenvalue weighted by molar-refractivity contribution is -0.142. The second kappa shape index (κ2) is 35.8. The fourth-order valence-electron chi connectivity index (χ4n) is 2.61. The number of esters is 1. The summed E-state index contributed by atoms with van der Waals surface area (Å²) in [6, 6.07) is 0. The van der Waals surface area contributed by atoms with Crippen LogP contribution < -0.4 is 0 Å². The zero-order chi connectivity index (χ0) is 29.0. The highest BCUT2D eigenvalue weighted by Crippen LogP contribution is 1.87. The molecule has 0 heterocycles. The molecule has 13 nitrogen and oxygen atoms in total. The minimum atomic E-state index is -0.311. The van der Waals surface area contributed by atoms with Crippen LogP contribution in [0.3, 0.4) is 0 Å². The number of carbonyl (C=O) groups excluding carboxylic acids is 1. The van der Waals surface area contributed by atoms with Crippen molar-refractivity contribution in [3.8, 4) is 0 Å². The second-order valence-electron chi connectivity index (χ2n) is 7.83. The van der Waals surface area contributed by atoms with E-state index in [1.54, 1.807) is 6.08 Å². The Kier molecular flexibility index (Phi) is 34.7. The Morgan fingerprint density at radius 3 is 0.800 bits per heavy atom. The number of ether oxygens (including phenoxy) is 12. The summed E-state index contributed by atoms with van der Waals surface area (Å²) < 4.78 is 64.0. The van der Waals surface area contributed by atoms with Crippen LogP contribution in [0.5, 0.6) is 0 Å². The van der Waals surface area contributed by atoms with E-state index in [2.05, 4.69) is 6.58 Å². The molecule has 0 saturated carbocycles. The molecular weight excluding hydrogens is 532 g/mol. The summed E-state index contributed by atoms with van der Waals surface area (Å²) in [5.41, 5.74) is 0. The molecule has 0 radical (unpaired) electrons. The van der Waals surface area contributed by atoms with Crippen LogP contribution in [-0.2, 0) is 61.6 Å². The van der Waals surface area contributed by atoms with E-state index in [9.17, 15) is 4.79 Å². The second-order valence-corrected chi connectivity index (χ2v) is 7.83. The highest BCUT2D eigenvalue weighted by molar-refractivity contribution is 5.65. The highest BCUT2D eigenvalue weighted by atomic mass is 16.6. The van der Waals surface area contributed by atoms with E-state index in [0.717, 1.165) is 0 Å². The average molecular weight is 585 g/mol. The maximum absolute atomic E-state index is 10.6. The molecule has 0 spiro atoms. The monoisotopic (exact) mass is 584 g/mol. The van der Waals surface area contributed by atoms with E-state index in [1.807, 2.05) is 0 Å². The van der Waals surface area contributed by atoms with Gasteiger partial charge in [0, 0.05) is 6.92 Å². The molecule has 238 valence electrons. The molecule has 0 aliphatic carbocycles. The Balaban J connectivity index is 3.03. The van der Waals surface area contributed by atoms with Crippen molar-refractivity contribution in [3.63, 3.8) is 0 Å². The molecule has 0 saturated heterocycles. The summed E-state index contributed by atoms with van der Waals surface area (Å²) in [5, 5.41) is 0. The van der Waals surface area contributed by atoms with Crippen LogP contribution >= 0.6 is 0 Å². The van der Waals surface area contributed by atoms with Gasteiger partial charge < -0.3 is 56.8 Å². The van der Waals surface area contributed by atoms with Gasteiger partial charge in [0.25, 0.3) is 0 Å². The Morgan fingerprint density at radius 1 is 0.400 bits per heavy atom. The van der Waals surface area contributed by atoms with Crippen molar-refractivity contribution >= 4 is 5.97 Å². The molecule has 0 amide bonds. The van der Waals surface area contributed by atoms with Crippen LogP contribution in [0, 0.1) is 0 Å². The molecule has 0 bridgehead atoms. The summed E-state index contributed by atoms with van der Waals surface area (Å²) >= 11 is 0. The molecule has 0 atom stereocenters. The van der Waals surface area contributed by atoms with Gasteiger partial charge in [-0.15, -0.1) is 6.58 Å². The molecule has 0 aliphatic rings. The third-order valence-corrected chi connectivity index (χ3v) is 4.49. The maximum atomic E-state index is 10.6. The molecular formula is C27H52O13. The van der Waals surface area contributed by atoms with Gasteiger partial charge in [0.2, 0.25) is 0 Å². The van der Waals surface area contributed by atoms with E-state index in [1.165, 1.54) is 6.92 Å². The van der Waals surface area contributed by atoms with Gasteiger partial charge in [0.15, 0.2) is 0 Å². The molecule has 0 aliphatic heterocycles. The summed E-state index contributed by atoms with van der Waals surface area (Å²) in [5.74, 6) is -0.311. The van der Waals surface area contributed by atoms with Crippen LogP contribution in [0.2, 0.25) is 0 Å². The molecule has 0 fully saturated rings. The third-order valence-electron chi connectivity index (χ3n) is 4.49. The molecule has 0 rings (SSSR count). The van der Waals surface area contributed by atoms with Gasteiger partial charge in [-0.2, -0.15) is 0 Å². The smallest absolute Gasteiger partial charge is 0.302 e. The highest BCUT2D eigenvalue weighted by Gasteiger charge is 1.97. The van der Waals surface area contributed by atoms with Gasteiger partial charge in [0.1, 0.15) is 6.61 Å². The third kappa shape index (κ3) is 36.8. The fraction of sp³-hybridized carbons (Fsp3) is 0.889. The maximum Gasteiger partial charge on any atom is 0.302 e. The van der Waals surface area contributed by atoms with E-state index < -0.39 is 0 Å². The molecule has 0 aromatic heterocycles. The summed E-state index contributed by atoms with van der Waals surface area (Å²) in [4.78, 5) is 10.6. The largest absolute Gasteiger partial charge is 0.463 e. The first-order chi connectivity index (χ1) is 19.8. The van der Waals surface area contributed by atoms with E-state index in [4.69, 9.17) is 56.8 Å². The van der Waals surface area contributed by atoms with Crippen molar-refractivity contribution in [1.82, 2.24) is 0 Å². The van der Waals surface area contributed by atoms with Crippen LogP contribution in [0.15, 0.2) is 12.7 Å². The lowest BCUT2D eigenvalue weighted by Gasteiger charge is -2.09. The topological polar surface area (TPSA) is 128 Å². The van der Waals surface area contributed by atoms with Crippen molar-refractivity contribution in [2.45, 2.75) is 6.92 Å². The van der Waals surface area contributed by atoms with Crippen LogP contribution in [0.25, 0.3) is 0 Å². The van der Waals surface area contributed by atoms with E-state index >= 15 is 0 Å². The first kappa shape index (κ1) is 38.8. The molecule has 0 aromatic carbocycles. The Labute approximate surface area is 239 Å². The van der Waals surface area contributed by atoms with Crippen molar-refractivity contribution in [3.05, 3.63) is 12.7 Å². The zero-order valence-electron chi connectivity index (χ0n) is 24.4. The van der Waals surface area contributed by atoms with Gasteiger partial charge in [-0.1, -0.05) is 6.08 Å². The first-order valence-corrected chi connectivity index (χ1v) is 13.9. The van der Waals surface area contributed by atoms with Gasteiger partial charge in [-0.3, -0.25) is 4.79 Å². The predicted octanol–water partition coefficient (Wildman–Crippen LogP) is 0.918. The van der Waals surface area contributed by atoms with Crippen LogP contribution in [-0.4, -0.2) is 158 Å². The quantitative estimate of drug-likeness (QED) is 0.0596. The van der Waals surface area contributed by atoms with E-state index in [0.29, 0.717) is 145 Å². The van der Waals surface area contributed by atoms with E-state index in [-0.39, 0.29) is 12.6 Å². The number of carbonyl (C=O) groups is 1. The SMILES string of the molecule is C=CCOCCOCCOCCOCCOCCOCCOCCOCCOCCOCCOCCOC(C)=O. The molecule has 40 heavy (non-hydrogen) atoms. The number of hydrogen-bond donors (Lipinski definition) is 0. The molecule has 0 aromatic rings. The Hall–Kier alpha value is -1.23. The lowest BCUT2D eigenvalue weighted by Crippen LogP contribution is -2.15. The standard InChI is InChI=1S/C27H52O13/c1-3-4-29-5-6-30-7-8-31-9-10-32-11-12-33-13-14-34-15-16-35-17-18-36-19-20-37-21-22-38-23-24-39-25-26-40-27(2)28/h3H,1,4-26H2,2H3. The average Bonchev–Trinajstić information content (AvgIpc) is 2.95. The lowest BCUT2D eigenvalue weighted by atomic mass is 10.6. The van der Waals surface area contributed by atoms with Crippen molar-refractivity contribution in [2.75, 3.05) is 152 Å². The summed E-state index contributed by atoms with van der Waals surface area (Å²) in [6.07, 6.45) is 1.71. The van der Waals surface area contributed by atoms with Crippen molar-refractivity contribution < 1.29 is 61.6 Å².